The summed E-state index contributed by atoms with van der Waals surface area (Å²) in [6.07, 6.45) is 5.93. The van der Waals surface area contributed by atoms with Gasteiger partial charge in [0.15, 0.2) is 0 Å². The monoisotopic (exact) mass is 409 g/mol. The molecule has 1 amide bonds. The molecule has 0 saturated carbocycles. The Bertz CT molecular complexity index is 667. The van der Waals surface area contributed by atoms with Gasteiger partial charge in [-0.25, -0.2) is 0 Å². The molecule has 2 aromatic rings. The van der Waals surface area contributed by atoms with Gasteiger partial charge in [0.1, 0.15) is 0 Å². The Morgan fingerprint density at radius 1 is 1.08 bits per heavy atom. The first-order valence-corrected chi connectivity index (χ1v) is 10.0. The third kappa shape index (κ3) is 4.83. The highest BCUT2D eigenvalue weighted by molar-refractivity contribution is 9.10. The van der Waals surface area contributed by atoms with Gasteiger partial charge in [-0.1, -0.05) is 47.0 Å². The van der Waals surface area contributed by atoms with Crippen LogP contribution in [-0.4, -0.2) is 39.8 Å². The maximum atomic E-state index is 12.4. The van der Waals surface area contributed by atoms with E-state index in [9.17, 15) is 4.79 Å². The number of benzene rings is 1. The number of carbonyl (C=O) groups excluding carboxylic acids is 1. The summed E-state index contributed by atoms with van der Waals surface area (Å²) >= 11 is 4.71. The number of hydrogen-bond acceptors (Lipinski definition) is 5. The minimum absolute atomic E-state index is 0.158. The zero-order valence-corrected chi connectivity index (χ0v) is 15.8. The Labute approximate surface area is 154 Å². The van der Waals surface area contributed by atoms with Crippen molar-refractivity contribution >= 4 is 33.6 Å². The zero-order valence-electron chi connectivity index (χ0n) is 13.4. The van der Waals surface area contributed by atoms with E-state index < -0.39 is 0 Å². The molecule has 1 aromatic heterocycles. The summed E-state index contributed by atoms with van der Waals surface area (Å²) < 4.78 is 6.65. The third-order valence-electron chi connectivity index (χ3n) is 4.03. The molecule has 1 aromatic carbocycles. The molecule has 0 unspecified atom stereocenters. The molecule has 24 heavy (non-hydrogen) atoms. The first-order chi connectivity index (χ1) is 11.7. The SMILES string of the molecule is O=C(CSc1nnc(-c2ccc(Br)cc2)o1)N1CCCCCCC1. The zero-order chi connectivity index (χ0) is 16.8. The van der Waals surface area contributed by atoms with Crippen LogP contribution in [0.1, 0.15) is 32.1 Å². The largest absolute Gasteiger partial charge is 0.411 e. The molecule has 128 valence electrons. The quantitative estimate of drug-likeness (QED) is 0.700. The fraction of sp³-hybridized carbons (Fsp3) is 0.471. The summed E-state index contributed by atoms with van der Waals surface area (Å²) in [5.41, 5.74) is 0.868. The molecule has 0 radical (unpaired) electrons. The van der Waals surface area contributed by atoms with Gasteiger partial charge < -0.3 is 9.32 Å². The van der Waals surface area contributed by atoms with Crippen LogP contribution in [0.3, 0.4) is 0 Å². The van der Waals surface area contributed by atoms with Crippen LogP contribution in [0.2, 0.25) is 0 Å². The average Bonchev–Trinajstić information content (AvgIpc) is 3.02. The molecule has 3 rings (SSSR count). The van der Waals surface area contributed by atoms with Gasteiger partial charge in [0.2, 0.25) is 11.8 Å². The molecule has 0 bridgehead atoms. The first-order valence-electron chi connectivity index (χ1n) is 8.22. The topological polar surface area (TPSA) is 59.2 Å². The van der Waals surface area contributed by atoms with E-state index in [2.05, 4.69) is 26.1 Å². The second-order valence-corrected chi connectivity index (χ2v) is 7.66. The van der Waals surface area contributed by atoms with Crippen LogP contribution in [0.15, 0.2) is 38.4 Å². The number of halogens is 1. The smallest absolute Gasteiger partial charge is 0.277 e. The van der Waals surface area contributed by atoms with E-state index in [1.165, 1.54) is 31.0 Å². The van der Waals surface area contributed by atoms with Crippen molar-refractivity contribution in [2.24, 2.45) is 0 Å². The molecule has 7 heteroatoms. The van der Waals surface area contributed by atoms with Crippen LogP contribution >= 0.6 is 27.7 Å². The lowest BCUT2D eigenvalue weighted by Crippen LogP contribution is -2.35. The molecule has 0 spiro atoms. The van der Waals surface area contributed by atoms with Gasteiger partial charge in [0, 0.05) is 23.1 Å². The van der Waals surface area contributed by atoms with Crippen molar-refractivity contribution < 1.29 is 9.21 Å². The van der Waals surface area contributed by atoms with Gasteiger partial charge in [0.05, 0.1) is 5.75 Å². The van der Waals surface area contributed by atoms with Crippen molar-refractivity contribution in [3.8, 4) is 11.5 Å². The predicted molar refractivity (Wildman–Crippen MR) is 97.8 cm³/mol. The summed E-state index contributed by atoms with van der Waals surface area (Å²) in [5, 5.41) is 8.52. The number of aromatic nitrogens is 2. The van der Waals surface area contributed by atoms with Crippen molar-refractivity contribution in [1.82, 2.24) is 15.1 Å². The highest BCUT2D eigenvalue weighted by Gasteiger charge is 2.17. The van der Waals surface area contributed by atoms with E-state index in [-0.39, 0.29) is 5.91 Å². The molecule has 1 fully saturated rings. The molecular weight excluding hydrogens is 390 g/mol. The van der Waals surface area contributed by atoms with Crippen LogP contribution in [0.25, 0.3) is 11.5 Å². The van der Waals surface area contributed by atoms with E-state index in [0.29, 0.717) is 16.9 Å². The molecule has 0 N–H and O–H groups in total. The molecule has 1 aliphatic heterocycles. The van der Waals surface area contributed by atoms with E-state index in [0.717, 1.165) is 36.0 Å². The van der Waals surface area contributed by atoms with Crippen LogP contribution in [0, 0.1) is 0 Å². The summed E-state index contributed by atoms with van der Waals surface area (Å²) in [6, 6.07) is 7.68. The third-order valence-corrected chi connectivity index (χ3v) is 5.36. The minimum atomic E-state index is 0.158. The Hall–Kier alpha value is -1.34. The molecule has 1 aliphatic rings. The van der Waals surface area contributed by atoms with Gasteiger partial charge in [-0.3, -0.25) is 4.79 Å². The average molecular weight is 410 g/mol. The van der Waals surface area contributed by atoms with Gasteiger partial charge in [0.25, 0.3) is 5.22 Å². The van der Waals surface area contributed by atoms with Crippen molar-refractivity contribution in [3.63, 3.8) is 0 Å². The molecule has 2 heterocycles. The van der Waals surface area contributed by atoms with E-state index in [1.807, 2.05) is 29.2 Å². The number of thioether (sulfide) groups is 1. The molecule has 5 nitrogen and oxygen atoms in total. The van der Waals surface area contributed by atoms with Crippen molar-refractivity contribution in [1.29, 1.82) is 0 Å². The van der Waals surface area contributed by atoms with Crippen LogP contribution in [0.5, 0.6) is 0 Å². The van der Waals surface area contributed by atoms with Crippen molar-refractivity contribution in [2.45, 2.75) is 37.3 Å². The number of carbonyl (C=O) groups is 1. The second kappa shape index (κ2) is 8.67. The van der Waals surface area contributed by atoms with Gasteiger partial charge in [-0.2, -0.15) is 0 Å². The van der Waals surface area contributed by atoms with E-state index >= 15 is 0 Å². The molecule has 0 atom stereocenters. The maximum Gasteiger partial charge on any atom is 0.277 e. The highest BCUT2D eigenvalue weighted by atomic mass is 79.9. The Morgan fingerprint density at radius 2 is 1.75 bits per heavy atom. The van der Waals surface area contributed by atoms with Gasteiger partial charge in [-0.05, 0) is 37.1 Å². The van der Waals surface area contributed by atoms with Gasteiger partial charge >= 0.3 is 0 Å². The fourth-order valence-corrected chi connectivity index (χ4v) is 3.62. The Morgan fingerprint density at radius 3 is 2.46 bits per heavy atom. The standard InChI is InChI=1S/C17H20BrN3O2S/c18-14-8-6-13(7-9-14)16-19-20-17(23-16)24-12-15(22)21-10-4-2-1-3-5-11-21/h6-9H,1-5,10-12H2. The second-order valence-electron chi connectivity index (χ2n) is 5.82. The van der Waals surface area contributed by atoms with E-state index in [4.69, 9.17) is 4.42 Å². The Balaban J connectivity index is 1.54. The summed E-state index contributed by atoms with van der Waals surface area (Å²) in [4.78, 5) is 14.3. The van der Waals surface area contributed by atoms with Gasteiger partial charge in [-0.15, -0.1) is 10.2 Å². The highest BCUT2D eigenvalue weighted by Crippen LogP contribution is 2.24. The summed E-state index contributed by atoms with van der Waals surface area (Å²) in [7, 11) is 0. The summed E-state index contributed by atoms with van der Waals surface area (Å²) in [5.74, 6) is 0.983. The van der Waals surface area contributed by atoms with Crippen LogP contribution < -0.4 is 0 Å². The van der Waals surface area contributed by atoms with Crippen LogP contribution in [0.4, 0.5) is 0 Å². The lowest BCUT2D eigenvalue weighted by atomic mass is 10.1. The number of amides is 1. The Kier molecular flexibility index (Phi) is 6.31. The normalized spacial score (nSPS) is 15.8. The predicted octanol–water partition coefficient (Wildman–Crippen LogP) is 4.38. The number of nitrogens with zero attached hydrogens (tertiary/aromatic N) is 3. The minimum Gasteiger partial charge on any atom is -0.411 e. The number of likely N-dealkylation sites (tertiary alicyclic amines) is 1. The lowest BCUT2D eigenvalue weighted by Gasteiger charge is -2.24. The first kappa shape index (κ1) is 17.5. The summed E-state index contributed by atoms with van der Waals surface area (Å²) in [6.45, 7) is 1.74. The number of rotatable bonds is 4. The molecule has 0 aliphatic carbocycles. The van der Waals surface area contributed by atoms with Crippen molar-refractivity contribution in [3.05, 3.63) is 28.7 Å². The van der Waals surface area contributed by atoms with E-state index in [1.54, 1.807) is 0 Å². The molecule has 1 saturated heterocycles. The molecular formula is C17H20BrN3O2S. The lowest BCUT2D eigenvalue weighted by molar-refractivity contribution is -0.128. The van der Waals surface area contributed by atoms with Crippen molar-refractivity contribution in [2.75, 3.05) is 18.8 Å². The van der Waals surface area contributed by atoms with Crippen LogP contribution in [-0.2, 0) is 4.79 Å². The maximum absolute atomic E-state index is 12.4. The number of hydrogen-bond donors (Lipinski definition) is 0. The fourth-order valence-electron chi connectivity index (χ4n) is 2.69.